The average molecular weight is 505 g/mol. The van der Waals surface area contributed by atoms with Crippen LogP contribution in [0.15, 0.2) is 70.0 Å². The Hall–Kier alpha value is -3.39. The number of allylic oxidation sites excluding steroid dienone is 1. The molecule has 0 radical (unpaired) electrons. The van der Waals surface area contributed by atoms with E-state index in [4.69, 9.17) is 9.73 Å². The van der Waals surface area contributed by atoms with Crippen LogP contribution in [0.25, 0.3) is 0 Å². The number of nitrogens with zero attached hydrogens (tertiary/aromatic N) is 3. The Kier molecular flexibility index (Phi) is 7.94. The summed E-state index contributed by atoms with van der Waals surface area (Å²) in [6, 6.07) is 11.5. The minimum Gasteiger partial charge on any atom is -0.459 e. The molecule has 188 valence electrons. The highest BCUT2D eigenvalue weighted by Gasteiger charge is 2.41. The first-order valence-corrected chi connectivity index (χ1v) is 13.0. The molecule has 2 aliphatic heterocycles. The number of hydrogen-bond donors (Lipinski definition) is 1. The molecule has 0 saturated carbocycles. The molecule has 7 nitrogen and oxygen atoms in total. The molecule has 0 unspecified atom stereocenters. The van der Waals surface area contributed by atoms with Crippen LogP contribution in [0.4, 0.5) is 0 Å². The molecule has 1 aromatic heterocycles. The normalized spacial score (nSPS) is 17.1. The van der Waals surface area contributed by atoms with E-state index >= 15 is 0 Å². The van der Waals surface area contributed by atoms with Gasteiger partial charge >= 0.3 is 5.97 Å². The number of aliphatic imine (C=N–C) groups is 1. The topological polar surface area (TPSA) is 83.9 Å². The zero-order chi connectivity index (χ0) is 25.8. The second-order valence-electron chi connectivity index (χ2n) is 9.30. The van der Waals surface area contributed by atoms with E-state index in [9.17, 15) is 9.59 Å². The number of amides is 1. The van der Waals surface area contributed by atoms with Crippen molar-refractivity contribution in [3.05, 3.63) is 87.4 Å². The van der Waals surface area contributed by atoms with Crippen molar-refractivity contribution in [3.63, 3.8) is 0 Å². The molecule has 8 heteroatoms. The fourth-order valence-electron chi connectivity index (χ4n) is 4.44. The van der Waals surface area contributed by atoms with Crippen molar-refractivity contribution in [2.75, 3.05) is 6.54 Å². The van der Waals surface area contributed by atoms with Crippen LogP contribution in [0.5, 0.6) is 0 Å². The summed E-state index contributed by atoms with van der Waals surface area (Å²) in [6.07, 6.45) is 2.34. The maximum atomic E-state index is 13.3. The number of fused-ring (bicyclic) bond motifs is 1. The molecule has 3 heterocycles. The Bertz CT molecular complexity index is 1250. The van der Waals surface area contributed by atoms with E-state index in [1.54, 1.807) is 6.20 Å². The Morgan fingerprint density at radius 2 is 1.97 bits per heavy atom. The highest BCUT2D eigenvalue weighted by molar-refractivity contribution is 8.16. The van der Waals surface area contributed by atoms with Gasteiger partial charge in [0.05, 0.1) is 29.8 Å². The van der Waals surface area contributed by atoms with Gasteiger partial charge in [0.1, 0.15) is 0 Å². The van der Waals surface area contributed by atoms with E-state index in [-0.39, 0.29) is 24.4 Å². The molecule has 4 rings (SSSR count). The zero-order valence-corrected chi connectivity index (χ0v) is 22.2. The molecule has 2 aromatic rings. The molecular weight excluding hydrogens is 472 g/mol. The predicted octanol–water partition coefficient (Wildman–Crippen LogP) is 4.97. The number of thioether (sulfide) groups is 1. The third-order valence-electron chi connectivity index (χ3n) is 6.05. The molecule has 36 heavy (non-hydrogen) atoms. The van der Waals surface area contributed by atoms with Crippen LogP contribution in [0, 0.1) is 13.8 Å². The minimum atomic E-state index is -0.424. The van der Waals surface area contributed by atoms with Crippen LogP contribution in [0.2, 0.25) is 0 Å². The lowest BCUT2D eigenvalue weighted by atomic mass is 9.90. The number of carbonyl (C=O) groups excluding carboxylic acids is 2. The third kappa shape index (κ3) is 5.70. The fraction of sp³-hybridized carbons (Fsp3) is 0.357. The van der Waals surface area contributed by atoms with Crippen LogP contribution < -0.4 is 5.32 Å². The van der Waals surface area contributed by atoms with Crippen molar-refractivity contribution in [1.29, 1.82) is 0 Å². The molecule has 1 atom stereocenters. The SMILES string of the molecule is CC1=C(C(=O)OC(C)C)[C@H](c2ccc(C)cc2C)N2C(CC(=O)NCCc3ccccn3)=CSC2=N1. The zero-order valence-electron chi connectivity index (χ0n) is 21.4. The molecule has 0 bridgehead atoms. The number of esters is 1. The maximum Gasteiger partial charge on any atom is 0.338 e. The number of amidine groups is 1. The van der Waals surface area contributed by atoms with Crippen LogP contribution in [-0.2, 0) is 20.7 Å². The van der Waals surface area contributed by atoms with Gasteiger partial charge in [0.15, 0.2) is 5.17 Å². The number of aromatic nitrogens is 1. The van der Waals surface area contributed by atoms with Gasteiger partial charge in [0.2, 0.25) is 5.91 Å². The predicted molar refractivity (Wildman–Crippen MR) is 143 cm³/mol. The highest BCUT2D eigenvalue weighted by atomic mass is 32.2. The second-order valence-corrected chi connectivity index (χ2v) is 10.1. The largest absolute Gasteiger partial charge is 0.459 e. The molecule has 1 N–H and O–H groups in total. The van der Waals surface area contributed by atoms with Gasteiger partial charge in [-0.2, -0.15) is 0 Å². The summed E-state index contributed by atoms with van der Waals surface area (Å²) in [4.78, 5) is 37.2. The lowest BCUT2D eigenvalue weighted by molar-refractivity contribution is -0.143. The number of rotatable bonds is 8. The van der Waals surface area contributed by atoms with Gasteiger partial charge in [0, 0.05) is 30.6 Å². The van der Waals surface area contributed by atoms with Gasteiger partial charge in [-0.3, -0.25) is 9.78 Å². The van der Waals surface area contributed by atoms with Crippen LogP contribution in [0.1, 0.15) is 55.6 Å². The fourth-order valence-corrected chi connectivity index (χ4v) is 5.40. The van der Waals surface area contributed by atoms with Crippen LogP contribution >= 0.6 is 11.8 Å². The van der Waals surface area contributed by atoms with Crippen molar-refractivity contribution in [3.8, 4) is 0 Å². The monoisotopic (exact) mass is 504 g/mol. The average Bonchev–Trinajstić information content (AvgIpc) is 3.20. The molecule has 1 aromatic carbocycles. The summed E-state index contributed by atoms with van der Waals surface area (Å²) >= 11 is 1.47. The van der Waals surface area contributed by atoms with E-state index in [0.717, 1.165) is 33.2 Å². The summed E-state index contributed by atoms with van der Waals surface area (Å²) in [5, 5.41) is 5.71. The number of carbonyl (C=O) groups is 2. The number of benzene rings is 1. The van der Waals surface area contributed by atoms with Crippen molar-refractivity contribution in [2.24, 2.45) is 4.99 Å². The lowest BCUT2D eigenvalue weighted by Crippen LogP contribution is -2.38. The Morgan fingerprint density at radius 3 is 2.67 bits per heavy atom. The first-order valence-electron chi connectivity index (χ1n) is 12.1. The maximum absolute atomic E-state index is 13.3. The number of nitrogens with one attached hydrogen (secondary N) is 1. The molecule has 0 saturated heterocycles. The van der Waals surface area contributed by atoms with Gasteiger partial charge < -0.3 is 15.0 Å². The van der Waals surface area contributed by atoms with Crippen molar-refractivity contribution >= 4 is 28.8 Å². The van der Waals surface area contributed by atoms with Crippen molar-refractivity contribution in [1.82, 2.24) is 15.2 Å². The Labute approximate surface area is 216 Å². The summed E-state index contributed by atoms with van der Waals surface area (Å²) in [5.74, 6) is -0.470. The van der Waals surface area contributed by atoms with Crippen molar-refractivity contribution < 1.29 is 14.3 Å². The summed E-state index contributed by atoms with van der Waals surface area (Å²) in [7, 11) is 0. The molecule has 0 fully saturated rings. The summed E-state index contributed by atoms with van der Waals surface area (Å²) in [5.41, 5.74) is 6.09. The first-order chi connectivity index (χ1) is 17.2. The van der Waals surface area contributed by atoms with Gasteiger partial charge in [-0.1, -0.05) is 41.6 Å². The molecule has 1 amide bonds. The minimum absolute atomic E-state index is 0.0870. The second kappa shape index (κ2) is 11.1. The summed E-state index contributed by atoms with van der Waals surface area (Å²) < 4.78 is 5.63. The van der Waals surface area contributed by atoms with Gasteiger partial charge in [-0.05, 0) is 63.3 Å². The molecule has 0 spiro atoms. The number of pyridine rings is 1. The van der Waals surface area contributed by atoms with Gasteiger partial charge in [-0.15, -0.1) is 0 Å². The highest BCUT2D eigenvalue weighted by Crippen LogP contribution is 2.45. The van der Waals surface area contributed by atoms with Crippen molar-refractivity contribution in [2.45, 2.75) is 59.6 Å². The first kappa shape index (κ1) is 25.7. The summed E-state index contributed by atoms with van der Waals surface area (Å²) in [6.45, 7) is 10.1. The molecular formula is C28H32N4O3S. The number of ether oxygens (including phenoxy) is 1. The number of hydrogen-bond acceptors (Lipinski definition) is 7. The van der Waals surface area contributed by atoms with Crippen LogP contribution in [-0.4, -0.2) is 39.6 Å². The Balaban J connectivity index is 1.59. The van der Waals surface area contributed by atoms with E-state index in [1.807, 2.05) is 69.2 Å². The quantitative estimate of drug-likeness (QED) is 0.511. The van der Waals surface area contributed by atoms with E-state index < -0.39 is 6.04 Å². The van der Waals surface area contributed by atoms with Crippen LogP contribution in [0.3, 0.4) is 0 Å². The number of aryl methyl sites for hydroxylation is 2. The van der Waals surface area contributed by atoms with Gasteiger partial charge in [0.25, 0.3) is 0 Å². The van der Waals surface area contributed by atoms with E-state index in [1.165, 1.54) is 11.8 Å². The Morgan fingerprint density at radius 1 is 1.17 bits per heavy atom. The van der Waals surface area contributed by atoms with Gasteiger partial charge in [-0.25, -0.2) is 9.79 Å². The lowest BCUT2D eigenvalue weighted by Gasteiger charge is -2.37. The smallest absolute Gasteiger partial charge is 0.338 e. The standard InChI is InChI=1S/C28H32N4O3S/c1-17(2)35-27(34)25-20(5)31-28-32(26(25)23-10-9-18(3)14-19(23)4)22(16-36-28)15-24(33)30-13-11-21-8-6-7-12-29-21/h6-10,12,14,16-17,26H,11,13,15H2,1-5H3,(H,30,33)/t26-/m0/s1. The van der Waals surface area contributed by atoms with E-state index in [0.29, 0.717) is 24.2 Å². The third-order valence-corrected chi connectivity index (χ3v) is 6.94. The molecule has 2 aliphatic rings. The molecule has 0 aliphatic carbocycles. The van der Waals surface area contributed by atoms with E-state index in [2.05, 4.69) is 22.4 Å².